The summed E-state index contributed by atoms with van der Waals surface area (Å²) in [6.07, 6.45) is 1.15. The van der Waals surface area contributed by atoms with E-state index in [-0.39, 0.29) is 0 Å². The Morgan fingerprint density at radius 3 is 2.29 bits per heavy atom. The molecule has 1 aliphatic rings. The Morgan fingerprint density at radius 1 is 1.04 bits per heavy atom. The number of rotatable bonds is 5. The summed E-state index contributed by atoms with van der Waals surface area (Å²) in [6, 6.07) is 20.0. The average molecular weight is 319 g/mol. The van der Waals surface area contributed by atoms with Crippen molar-refractivity contribution in [2.75, 3.05) is 0 Å². The predicted molar refractivity (Wildman–Crippen MR) is 93.3 cm³/mol. The Kier molecular flexibility index (Phi) is 3.60. The van der Waals surface area contributed by atoms with Crippen molar-refractivity contribution in [1.29, 1.82) is 0 Å². The smallest absolute Gasteiger partial charge is 0.188 e. The van der Waals surface area contributed by atoms with Gasteiger partial charge in [-0.15, -0.1) is 5.10 Å². The molecule has 0 radical (unpaired) electrons. The van der Waals surface area contributed by atoms with E-state index in [1.54, 1.807) is 0 Å². The van der Waals surface area contributed by atoms with Gasteiger partial charge in [0.05, 0.1) is 5.69 Å². The molecule has 1 aromatic heterocycles. The second kappa shape index (κ2) is 5.78. The Morgan fingerprint density at radius 2 is 1.67 bits per heavy atom. The highest BCUT2D eigenvalue weighted by Crippen LogP contribution is 2.58. The Balaban J connectivity index is 1.62. The van der Waals surface area contributed by atoms with Gasteiger partial charge in [0.2, 0.25) is 0 Å². The van der Waals surface area contributed by atoms with Crippen LogP contribution in [0.25, 0.3) is 5.69 Å². The van der Waals surface area contributed by atoms with Gasteiger partial charge in [0.25, 0.3) is 0 Å². The fourth-order valence-corrected chi connectivity index (χ4v) is 2.99. The van der Waals surface area contributed by atoms with Crippen LogP contribution < -0.4 is 4.74 Å². The standard InChI is InChI=1S/C20H21N3O/c1-20(2)13-17(20)19-21-18(14-24-16-11-7-4-8-12-16)22-23(19)15-9-5-3-6-10-15/h3-12,17H,13-14H2,1-2H3/t17-/m1/s1. The van der Waals surface area contributed by atoms with Gasteiger partial charge in [-0.25, -0.2) is 9.67 Å². The van der Waals surface area contributed by atoms with Gasteiger partial charge >= 0.3 is 0 Å². The molecule has 4 rings (SSSR count). The lowest BCUT2D eigenvalue weighted by Crippen LogP contribution is -2.04. The highest BCUT2D eigenvalue weighted by molar-refractivity contribution is 5.34. The van der Waals surface area contributed by atoms with Gasteiger partial charge in [0, 0.05) is 5.92 Å². The number of hydrogen-bond acceptors (Lipinski definition) is 3. The molecule has 1 aliphatic carbocycles. The molecule has 122 valence electrons. The van der Waals surface area contributed by atoms with Crippen molar-refractivity contribution in [1.82, 2.24) is 14.8 Å². The zero-order valence-electron chi connectivity index (χ0n) is 14.0. The average Bonchev–Trinajstić information content (AvgIpc) is 3.06. The van der Waals surface area contributed by atoms with Crippen molar-refractivity contribution in [3.63, 3.8) is 0 Å². The molecule has 0 unspecified atom stereocenters. The molecule has 1 heterocycles. The summed E-state index contributed by atoms with van der Waals surface area (Å²) in [7, 11) is 0. The first-order valence-electron chi connectivity index (χ1n) is 8.32. The molecular formula is C20H21N3O. The number of aromatic nitrogens is 3. The third kappa shape index (κ3) is 2.92. The van der Waals surface area contributed by atoms with Crippen LogP contribution in [0.5, 0.6) is 5.75 Å². The van der Waals surface area contributed by atoms with Crippen LogP contribution in [0.4, 0.5) is 0 Å². The van der Waals surface area contributed by atoms with Crippen LogP contribution in [-0.4, -0.2) is 14.8 Å². The van der Waals surface area contributed by atoms with Crippen molar-refractivity contribution in [3.8, 4) is 11.4 Å². The first-order chi connectivity index (χ1) is 11.6. The number of nitrogens with zero attached hydrogens (tertiary/aromatic N) is 3. The molecule has 0 N–H and O–H groups in total. The van der Waals surface area contributed by atoms with E-state index in [1.165, 1.54) is 0 Å². The molecule has 1 fully saturated rings. The Hall–Kier alpha value is -2.62. The molecule has 0 bridgehead atoms. The van der Waals surface area contributed by atoms with Crippen molar-refractivity contribution in [2.45, 2.75) is 32.8 Å². The minimum atomic E-state index is 0.303. The van der Waals surface area contributed by atoms with Gasteiger partial charge in [-0.3, -0.25) is 0 Å². The molecule has 0 amide bonds. The second-order valence-corrected chi connectivity index (χ2v) is 6.98. The molecule has 0 aliphatic heterocycles. The zero-order chi connectivity index (χ0) is 16.6. The SMILES string of the molecule is CC1(C)C[C@@H]1c1nc(COc2ccccc2)nn1-c1ccccc1. The normalized spacial score (nSPS) is 18.3. The molecule has 4 heteroatoms. The van der Waals surface area contributed by atoms with Gasteiger partial charge in [-0.2, -0.15) is 0 Å². The van der Waals surface area contributed by atoms with Gasteiger partial charge in [0.15, 0.2) is 5.82 Å². The molecule has 0 spiro atoms. The van der Waals surface area contributed by atoms with E-state index >= 15 is 0 Å². The maximum atomic E-state index is 5.81. The number of benzene rings is 2. The molecule has 1 atom stereocenters. The molecular weight excluding hydrogens is 298 g/mol. The van der Waals surface area contributed by atoms with Crippen LogP contribution in [0.15, 0.2) is 60.7 Å². The van der Waals surface area contributed by atoms with Crippen LogP contribution in [-0.2, 0) is 6.61 Å². The minimum absolute atomic E-state index is 0.303. The lowest BCUT2D eigenvalue weighted by molar-refractivity contribution is 0.296. The van der Waals surface area contributed by atoms with E-state index in [4.69, 9.17) is 14.8 Å². The van der Waals surface area contributed by atoms with Gasteiger partial charge < -0.3 is 4.74 Å². The van der Waals surface area contributed by atoms with Crippen molar-refractivity contribution < 1.29 is 4.74 Å². The number of hydrogen-bond donors (Lipinski definition) is 0. The molecule has 2 aromatic carbocycles. The summed E-state index contributed by atoms with van der Waals surface area (Å²) in [5.41, 5.74) is 1.35. The first kappa shape index (κ1) is 14.9. The van der Waals surface area contributed by atoms with Crippen molar-refractivity contribution in [2.24, 2.45) is 5.41 Å². The maximum Gasteiger partial charge on any atom is 0.188 e. The summed E-state index contributed by atoms with van der Waals surface area (Å²) >= 11 is 0. The Bertz CT molecular complexity index is 825. The lowest BCUT2D eigenvalue weighted by atomic mass is 10.1. The minimum Gasteiger partial charge on any atom is -0.486 e. The fraction of sp³-hybridized carbons (Fsp3) is 0.300. The number of ether oxygens (including phenoxy) is 1. The summed E-state index contributed by atoms with van der Waals surface area (Å²) < 4.78 is 7.79. The van der Waals surface area contributed by atoms with E-state index in [0.717, 1.165) is 29.5 Å². The van der Waals surface area contributed by atoms with Gasteiger partial charge in [-0.1, -0.05) is 50.2 Å². The van der Waals surface area contributed by atoms with Crippen LogP contribution in [0.3, 0.4) is 0 Å². The van der Waals surface area contributed by atoms with Crippen LogP contribution in [0.2, 0.25) is 0 Å². The quantitative estimate of drug-likeness (QED) is 0.701. The molecule has 4 nitrogen and oxygen atoms in total. The Labute approximate surface area is 142 Å². The van der Waals surface area contributed by atoms with Gasteiger partial charge in [-0.05, 0) is 36.1 Å². The molecule has 0 saturated heterocycles. The van der Waals surface area contributed by atoms with E-state index in [0.29, 0.717) is 17.9 Å². The molecule has 1 saturated carbocycles. The maximum absolute atomic E-state index is 5.81. The van der Waals surface area contributed by atoms with Crippen molar-refractivity contribution >= 4 is 0 Å². The molecule has 3 aromatic rings. The van der Waals surface area contributed by atoms with Crippen LogP contribution >= 0.6 is 0 Å². The lowest BCUT2D eigenvalue weighted by Gasteiger charge is -2.06. The second-order valence-electron chi connectivity index (χ2n) is 6.98. The highest BCUT2D eigenvalue weighted by Gasteiger charge is 2.49. The third-order valence-corrected chi connectivity index (χ3v) is 4.61. The zero-order valence-corrected chi connectivity index (χ0v) is 14.0. The summed E-state index contributed by atoms with van der Waals surface area (Å²) in [6.45, 7) is 4.94. The first-order valence-corrected chi connectivity index (χ1v) is 8.32. The summed E-state index contributed by atoms with van der Waals surface area (Å²) in [5, 5.41) is 4.70. The largest absolute Gasteiger partial charge is 0.486 e. The van der Waals surface area contributed by atoms with E-state index < -0.39 is 0 Å². The van der Waals surface area contributed by atoms with E-state index in [9.17, 15) is 0 Å². The topological polar surface area (TPSA) is 39.9 Å². The monoisotopic (exact) mass is 319 g/mol. The van der Waals surface area contributed by atoms with E-state index in [1.807, 2.05) is 53.2 Å². The summed E-state index contributed by atoms with van der Waals surface area (Å²) in [5.74, 6) is 3.05. The molecule has 24 heavy (non-hydrogen) atoms. The van der Waals surface area contributed by atoms with Crippen LogP contribution in [0, 0.1) is 5.41 Å². The van der Waals surface area contributed by atoms with Crippen LogP contribution in [0.1, 0.15) is 37.8 Å². The summed E-state index contributed by atoms with van der Waals surface area (Å²) in [4.78, 5) is 4.79. The van der Waals surface area contributed by atoms with Crippen molar-refractivity contribution in [3.05, 3.63) is 72.3 Å². The van der Waals surface area contributed by atoms with E-state index in [2.05, 4.69) is 26.0 Å². The van der Waals surface area contributed by atoms with Gasteiger partial charge in [0.1, 0.15) is 18.2 Å². The number of para-hydroxylation sites is 2. The third-order valence-electron chi connectivity index (χ3n) is 4.61. The highest BCUT2D eigenvalue weighted by atomic mass is 16.5. The predicted octanol–water partition coefficient (Wildman–Crippen LogP) is 4.36. The fourth-order valence-electron chi connectivity index (χ4n) is 2.99.